The third-order valence-corrected chi connectivity index (χ3v) is 7.41. The van der Waals surface area contributed by atoms with E-state index in [4.69, 9.17) is 15.5 Å². The summed E-state index contributed by atoms with van der Waals surface area (Å²) in [5, 5.41) is 0.936. The van der Waals surface area contributed by atoms with Gasteiger partial charge in [-0.2, -0.15) is 13.2 Å². The van der Waals surface area contributed by atoms with Crippen molar-refractivity contribution in [2.24, 2.45) is 0 Å². The summed E-state index contributed by atoms with van der Waals surface area (Å²) in [6.07, 6.45) is -1.80. The van der Waals surface area contributed by atoms with Crippen LogP contribution in [0.1, 0.15) is 31.2 Å². The van der Waals surface area contributed by atoms with E-state index in [2.05, 4.69) is 21.2 Å². The number of ether oxygens (including phenoxy) is 1. The van der Waals surface area contributed by atoms with Crippen LogP contribution in [0.5, 0.6) is 0 Å². The predicted octanol–water partition coefficient (Wildman–Crippen LogP) is 4.52. The molecule has 2 aromatic heterocycles. The van der Waals surface area contributed by atoms with Crippen LogP contribution < -0.4 is 10.5 Å². The highest BCUT2D eigenvalue weighted by Gasteiger charge is 2.30. The minimum Gasteiger partial charge on any atom is -0.382 e. The first-order valence-corrected chi connectivity index (χ1v) is 13.4. The van der Waals surface area contributed by atoms with Gasteiger partial charge in [-0.05, 0) is 36.8 Å². The molecule has 37 heavy (non-hydrogen) atoms. The smallest absolute Gasteiger partial charge is 0.382 e. The third-order valence-electron chi connectivity index (χ3n) is 5.93. The lowest BCUT2D eigenvalue weighted by molar-refractivity contribution is -0.137. The summed E-state index contributed by atoms with van der Waals surface area (Å²) in [5.41, 5.74) is 7.60. The number of imidazole rings is 1. The molecule has 0 fully saturated rings. The molecule has 0 saturated heterocycles. The van der Waals surface area contributed by atoms with E-state index in [0.29, 0.717) is 24.5 Å². The number of nitrogens with one attached hydrogen (secondary N) is 1. The number of para-hydroxylation sites is 1. The van der Waals surface area contributed by atoms with Gasteiger partial charge in [-0.15, -0.1) is 0 Å². The Morgan fingerprint density at radius 1 is 1.05 bits per heavy atom. The Morgan fingerprint density at radius 2 is 1.78 bits per heavy atom. The molecule has 0 unspecified atom stereocenters. The van der Waals surface area contributed by atoms with Crippen molar-refractivity contribution >= 4 is 37.8 Å². The lowest BCUT2D eigenvalue weighted by Crippen LogP contribution is -2.28. The summed E-state index contributed by atoms with van der Waals surface area (Å²) in [6.45, 7) is 2.93. The number of nitrogens with two attached hydrogens (primary N) is 1. The normalized spacial score (nSPS) is 12.5. The predicted molar refractivity (Wildman–Crippen MR) is 136 cm³/mol. The number of fused-ring (bicyclic) bond motifs is 3. The molecule has 2 heterocycles. The number of sulfonamides is 1. The highest BCUT2D eigenvalue weighted by molar-refractivity contribution is 7.89. The van der Waals surface area contributed by atoms with Gasteiger partial charge in [-0.1, -0.05) is 31.5 Å². The number of benzene rings is 2. The molecule has 4 aromatic rings. The molecule has 0 radical (unpaired) electrons. The summed E-state index contributed by atoms with van der Waals surface area (Å²) in [7, 11) is -3.96. The molecule has 0 atom stereocenters. The lowest BCUT2D eigenvalue weighted by atomic mass is 10.2. The Hall–Kier alpha value is -3.22. The number of anilines is 1. The average Bonchev–Trinajstić information content (AvgIpc) is 3.23. The zero-order valence-electron chi connectivity index (χ0n) is 20.3. The Kier molecular flexibility index (Phi) is 8.00. The van der Waals surface area contributed by atoms with Gasteiger partial charge < -0.3 is 15.0 Å². The number of unbranched alkanes of at least 4 members (excludes halogenated alkanes) is 1. The Bertz CT molecular complexity index is 1490. The maximum absolute atomic E-state index is 12.7. The molecule has 0 aliphatic rings. The molecule has 198 valence electrons. The number of nitrogens with zero attached hydrogens (tertiary/aromatic N) is 3. The number of rotatable bonds is 11. The number of alkyl halides is 3. The van der Waals surface area contributed by atoms with Gasteiger partial charge in [0.25, 0.3) is 0 Å². The van der Waals surface area contributed by atoms with E-state index in [0.717, 1.165) is 65.8 Å². The van der Waals surface area contributed by atoms with Crippen LogP contribution in [-0.2, 0) is 33.9 Å². The molecule has 3 N–H and O–H groups in total. The molecule has 0 bridgehead atoms. The molecule has 8 nitrogen and oxygen atoms in total. The van der Waals surface area contributed by atoms with Gasteiger partial charge >= 0.3 is 6.18 Å². The van der Waals surface area contributed by atoms with Gasteiger partial charge in [0.2, 0.25) is 10.0 Å². The molecule has 4 rings (SSSR count). The number of nitrogen functional groups attached to an aromatic ring is 1. The highest BCUT2D eigenvalue weighted by Crippen LogP contribution is 2.30. The Labute approximate surface area is 212 Å². The second kappa shape index (κ2) is 11.0. The molecule has 0 spiro atoms. The summed E-state index contributed by atoms with van der Waals surface area (Å²) in [6, 6.07) is 11.0. The van der Waals surface area contributed by atoms with Crippen molar-refractivity contribution in [3.63, 3.8) is 0 Å². The van der Waals surface area contributed by atoms with Gasteiger partial charge in [0.1, 0.15) is 11.3 Å². The largest absolute Gasteiger partial charge is 0.416 e. The first-order chi connectivity index (χ1) is 17.6. The standard InChI is InChI=1S/C25H28F3N5O3S/c1-2-3-8-21-32-22-23(19-6-4-5-7-20(19)31-24(22)29)33(21)14-16-36-15-13-30-37(34,35)18-11-9-17(10-12-18)25(26,27)28/h4-7,9-12,30H,2-3,8,13-16H2,1H3,(H2,29,31). The first-order valence-electron chi connectivity index (χ1n) is 11.9. The van der Waals surface area contributed by atoms with Crippen molar-refractivity contribution in [3.8, 4) is 0 Å². The van der Waals surface area contributed by atoms with Gasteiger partial charge in [0.15, 0.2) is 5.82 Å². The summed E-state index contributed by atoms with van der Waals surface area (Å²) in [5.74, 6) is 1.25. The van der Waals surface area contributed by atoms with Crippen molar-refractivity contribution in [2.45, 2.75) is 43.8 Å². The van der Waals surface area contributed by atoms with Crippen LogP contribution in [0.25, 0.3) is 21.9 Å². The minimum atomic E-state index is -4.53. The monoisotopic (exact) mass is 535 g/mol. The van der Waals surface area contributed by atoms with Gasteiger partial charge in [-0.25, -0.2) is 23.1 Å². The van der Waals surface area contributed by atoms with Gasteiger partial charge in [0.05, 0.1) is 34.7 Å². The maximum atomic E-state index is 12.7. The SMILES string of the molecule is CCCCc1nc2c(N)nc3ccccc3c2n1CCOCCNS(=O)(=O)c1ccc(C(F)(F)F)cc1. The maximum Gasteiger partial charge on any atom is 0.416 e. The number of aromatic nitrogens is 3. The second-order valence-corrected chi connectivity index (χ2v) is 10.3. The summed E-state index contributed by atoms with van der Waals surface area (Å²) < 4.78 is 73.0. The minimum absolute atomic E-state index is 0.0312. The fraction of sp³-hybridized carbons (Fsp3) is 0.360. The van der Waals surface area contributed by atoms with Crippen LogP contribution >= 0.6 is 0 Å². The first kappa shape index (κ1) is 26.8. The fourth-order valence-corrected chi connectivity index (χ4v) is 5.10. The average molecular weight is 536 g/mol. The van der Waals surface area contributed by atoms with E-state index >= 15 is 0 Å². The zero-order valence-corrected chi connectivity index (χ0v) is 21.1. The van der Waals surface area contributed by atoms with E-state index < -0.39 is 21.8 Å². The molecule has 12 heteroatoms. The van der Waals surface area contributed by atoms with Crippen LogP contribution in [0.15, 0.2) is 53.4 Å². The summed E-state index contributed by atoms with van der Waals surface area (Å²) >= 11 is 0. The van der Waals surface area contributed by atoms with Crippen LogP contribution in [0.4, 0.5) is 19.0 Å². The third kappa shape index (κ3) is 6.03. The van der Waals surface area contributed by atoms with Crippen LogP contribution in [0, 0.1) is 0 Å². The molecule has 0 saturated carbocycles. The number of hydrogen-bond donors (Lipinski definition) is 2. The van der Waals surface area contributed by atoms with Crippen molar-refractivity contribution in [3.05, 3.63) is 59.9 Å². The van der Waals surface area contributed by atoms with Crippen molar-refractivity contribution in [1.29, 1.82) is 0 Å². The van der Waals surface area contributed by atoms with E-state index in [-0.39, 0.29) is 18.0 Å². The molecular weight excluding hydrogens is 507 g/mol. The van der Waals surface area contributed by atoms with E-state index in [1.165, 1.54) is 0 Å². The molecule has 0 amide bonds. The summed E-state index contributed by atoms with van der Waals surface area (Å²) in [4.78, 5) is 8.99. The lowest BCUT2D eigenvalue weighted by Gasteiger charge is -2.12. The van der Waals surface area contributed by atoms with Crippen LogP contribution in [0.3, 0.4) is 0 Å². The molecule has 2 aromatic carbocycles. The number of aryl methyl sites for hydroxylation is 1. The molecular formula is C25H28F3N5O3S. The van der Waals surface area contributed by atoms with Gasteiger partial charge in [-0.3, -0.25) is 0 Å². The van der Waals surface area contributed by atoms with E-state index in [9.17, 15) is 21.6 Å². The van der Waals surface area contributed by atoms with Crippen molar-refractivity contribution < 1.29 is 26.3 Å². The Balaban J connectivity index is 1.40. The molecule has 0 aliphatic carbocycles. The van der Waals surface area contributed by atoms with Crippen LogP contribution in [0.2, 0.25) is 0 Å². The highest BCUT2D eigenvalue weighted by atomic mass is 32.2. The van der Waals surface area contributed by atoms with Crippen molar-refractivity contribution in [2.75, 3.05) is 25.5 Å². The number of hydrogen-bond acceptors (Lipinski definition) is 6. The van der Waals surface area contributed by atoms with Gasteiger partial charge in [0, 0.05) is 24.9 Å². The number of halogens is 3. The zero-order chi connectivity index (χ0) is 26.6. The van der Waals surface area contributed by atoms with E-state index in [1.54, 1.807) is 0 Å². The van der Waals surface area contributed by atoms with Crippen molar-refractivity contribution in [1.82, 2.24) is 19.3 Å². The fourth-order valence-electron chi connectivity index (χ4n) is 4.08. The second-order valence-electron chi connectivity index (χ2n) is 8.53. The molecule has 0 aliphatic heterocycles. The number of pyridine rings is 1. The van der Waals surface area contributed by atoms with E-state index in [1.807, 2.05) is 24.3 Å². The quantitative estimate of drug-likeness (QED) is 0.273. The Morgan fingerprint density at radius 3 is 2.49 bits per heavy atom. The van der Waals surface area contributed by atoms with Crippen LogP contribution in [-0.4, -0.2) is 42.7 Å². The topological polar surface area (TPSA) is 112 Å².